The number of amides is 1. The predicted molar refractivity (Wildman–Crippen MR) is 77.6 cm³/mol. The molecular formula is C14H18F2N2O3S. The van der Waals surface area contributed by atoms with Gasteiger partial charge in [-0.2, -0.15) is 8.78 Å². The van der Waals surface area contributed by atoms with Crippen LogP contribution in [0.1, 0.15) is 17.3 Å². The van der Waals surface area contributed by atoms with Crippen LogP contribution < -0.4 is 0 Å². The van der Waals surface area contributed by atoms with E-state index in [-0.39, 0.29) is 5.91 Å². The molecule has 0 aliphatic carbocycles. The average molecular weight is 332 g/mol. The largest absolute Gasteiger partial charge is 0.341 e. The summed E-state index contributed by atoms with van der Waals surface area (Å²) in [7, 11) is -4.62. The highest BCUT2D eigenvalue weighted by Gasteiger charge is 2.27. The van der Waals surface area contributed by atoms with Crippen molar-refractivity contribution in [3.05, 3.63) is 29.8 Å². The van der Waals surface area contributed by atoms with Crippen molar-refractivity contribution in [2.24, 2.45) is 0 Å². The lowest BCUT2D eigenvalue weighted by Crippen LogP contribution is -2.48. The van der Waals surface area contributed by atoms with Gasteiger partial charge in [-0.25, -0.2) is 8.42 Å². The van der Waals surface area contributed by atoms with E-state index in [1.165, 1.54) is 12.1 Å². The van der Waals surface area contributed by atoms with Crippen LogP contribution in [0, 0.1) is 0 Å². The maximum Gasteiger partial charge on any atom is 0.341 e. The predicted octanol–water partition coefficient (Wildman–Crippen LogP) is 1.46. The van der Waals surface area contributed by atoms with Crippen molar-refractivity contribution in [2.75, 3.05) is 32.7 Å². The molecule has 1 aliphatic heterocycles. The lowest BCUT2D eigenvalue weighted by molar-refractivity contribution is 0.0643. The average Bonchev–Trinajstić information content (AvgIpc) is 2.54. The van der Waals surface area contributed by atoms with E-state index >= 15 is 0 Å². The molecule has 0 radical (unpaired) electrons. The van der Waals surface area contributed by atoms with Gasteiger partial charge in [-0.1, -0.05) is 6.92 Å². The molecule has 1 amide bonds. The molecule has 0 N–H and O–H groups in total. The lowest BCUT2D eigenvalue weighted by Gasteiger charge is -2.34. The van der Waals surface area contributed by atoms with Gasteiger partial charge in [0.05, 0.1) is 4.90 Å². The van der Waals surface area contributed by atoms with Crippen molar-refractivity contribution in [1.29, 1.82) is 0 Å². The standard InChI is InChI=1S/C14H18F2N2O3S/c1-2-17-7-9-18(10-8-17)13(19)11-3-5-12(6-4-11)22(20,21)14(15)16/h3-6,14H,2,7-10H2,1H3. The Bertz CT molecular complexity index is 624. The molecule has 1 saturated heterocycles. The smallest absolute Gasteiger partial charge is 0.336 e. The first-order chi connectivity index (χ1) is 10.4. The van der Waals surface area contributed by atoms with E-state index in [0.717, 1.165) is 31.8 Å². The van der Waals surface area contributed by atoms with Gasteiger partial charge in [0.2, 0.25) is 9.84 Å². The summed E-state index contributed by atoms with van der Waals surface area (Å²) >= 11 is 0. The van der Waals surface area contributed by atoms with E-state index in [4.69, 9.17) is 0 Å². The number of hydrogen-bond acceptors (Lipinski definition) is 4. The van der Waals surface area contributed by atoms with Crippen LogP contribution in [0.25, 0.3) is 0 Å². The third-order valence-electron chi connectivity index (χ3n) is 3.77. The lowest BCUT2D eigenvalue weighted by atomic mass is 10.2. The number of benzene rings is 1. The maximum absolute atomic E-state index is 12.5. The van der Waals surface area contributed by atoms with Crippen molar-refractivity contribution in [2.45, 2.75) is 17.6 Å². The number of nitrogens with zero attached hydrogens (tertiary/aromatic N) is 2. The summed E-state index contributed by atoms with van der Waals surface area (Å²) < 4.78 is 47.6. The summed E-state index contributed by atoms with van der Waals surface area (Å²) in [6, 6.07) is 4.67. The SMILES string of the molecule is CCN1CCN(C(=O)c2ccc(S(=O)(=O)C(F)F)cc2)CC1. The van der Waals surface area contributed by atoms with Crippen molar-refractivity contribution < 1.29 is 22.0 Å². The minimum absolute atomic E-state index is 0.211. The van der Waals surface area contributed by atoms with Gasteiger partial charge in [-0.3, -0.25) is 4.79 Å². The molecule has 0 aromatic heterocycles. The van der Waals surface area contributed by atoms with Crippen LogP contribution >= 0.6 is 0 Å². The number of halogens is 2. The molecule has 8 heteroatoms. The fraction of sp³-hybridized carbons (Fsp3) is 0.500. The first-order valence-corrected chi connectivity index (χ1v) is 8.54. The molecule has 0 spiro atoms. The number of carbonyl (C=O) groups is 1. The third-order valence-corrected chi connectivity index (χ3v) is 5.17. The molecule has 1 aromatic rings. The summed E-state index contributed by atoms with van der Waals surface area (Å²) in [6.45, 7) is 5.77. The first kappa shape index (κ1) is 16.8. The molecule has 1 aliphatic rings. The molecule has 22 heavy (non-hydrogen) atoms. The number of rotatable bonds is 4. The van der Waals surface area contributed by atoms with Crippen LogP contribution in [0.15, 0.2) is 29.2 Å². The Kier molecular flexibility index (Phi) is 5.12. The minimum atomic E-state index is -4.62. The highest BCUT2D eigenvalue weighted by atomic mass is 32.2. The number of piperazine rings is 1. The molecule has 5 nitrogen and oxygen atoms in total. The first-order valence-electron chi connectivity index (χ1n) is 7.00. The second-order valence-electron chi connectivity index (χ2n) is 5.06. The number of likely N-dealkylation sites (N-methyl/N-ethyl adjacent to an activating group) is 1. The summed E-state index contributed by atoms with van der Waals surface area (Å²) in [4.78, 5) is 15.7. The van der Waals surface area contributed by atoms with Gasteiger partial charge < -0.3 is 9.80 Å². The van der Waals surface area contributed by atoms with Crippen molar-refractivity contribution >= 4 is 15.7 Å². The van der Waals surface area contributed by atoms with Crippen molar-refractivity contribution in [1.82, 2.24) is 9.80 Å². The van der Waals surface area contributed by atoms with E-state index in [0.29, 0.717) is 18.7 Å². The number of sulfone groups is 1. The van der Waals surface area contributed by atoms with Gasteiger partial charge in [0.1, 0.15) is 0 Å². The van der Waals surface area contributed by atoms with E-state index < -0.39 is 20.5 Å². The minimum Gasteiger partial charge on any atom is -0.336 e. The third kappa shape index (κ3) is 3.44. The molecule has 2 rings (SSSR count). The number of alkyl halides is 2. The molecule has 0 bridgehead atoms. The van der Waals surface area contributed by atoms with Gasteiger partial charge in [0.15, 0.2) is 0 Å². The van der Waals surface area contributed by atoms with Crippen LogP contribution in [0.3, 0.4) is 0 Å². The number of hydrogen-bond donors (Lipinski definition) is 0. The molecule has 0 saturated carbocycles. The summed E-state index contributed by atoms with van der Waals surface area (Å²) in [5, 5.41) is 0. The number of carbonyl (C=O) groups excluding carboxylic acids is 1. The van der Waals surface area contributed by atoms with E-state index in [1.54, 1.807) is 4.90 Å². The normalized spacial score (nSPS) is 17.0. The Morgan fingerprint density at radius 3 is 2.14 bits per heavy atom. The zero-order valence-corrected chi connectivity index (χ0v) is 13.0. The van der Waals surface area contributed by atoms with Gasteiger partial charge >= 0.3 is 5.76 Å². The van der Waals surface area contributed by atoms with Crippen molar-refractivity contribution in [3.8, 4) is 0 Å². The van der Waals surface area contributed by atoms with Crippen LogP contribution in [0.5, 0.6) is 0 Å². The van der Waals surface area contributed by atoms with Gasteiger partial charge in [0.25, 0.3) is 5.91 Å². The molecule has 122 valence electrons. The van der Waals surface area contributed by atoms with Gasteiger partial charge in [-0.15, -0.1) is 0 Å². The summed E-state index contributed by atoms with van der Waals surface area (Å²) in [5.74, 6) is -3.67. The van der Waals surface area contributed by atoms with Crippen molar-refractivity contribution in [3.63, 3.8) is 0 Å². The Morgan fingerprint density at radius 1 is 1.14 bits per heavy atom. The molecule has 0 unspecified atom stereocenters. The Labute approximate surface area is 128 Å². The quantitative estimate of drug-likeness (QED) is 0.838. The van der Waals surface area contributed by atoms with Gasteiger partial charge in [-0.05, 0) is 30.8 Å². The zero-order valence-electron chi connectivity index (χ0n) is 12.2. The molecule has 1 aromatic carbocycles. The van der Waals surface area contributed by atoms with E-state index in [2.05, 4.69) is 11.8 Å². The Hall–Kier alpha value is -1.54. The van der Waals surface area contributed by atoms with Crippen LogP contribution in [-0.2, 0) is 9.84 Å². The Balaban J connectivity index is 2.09. The fourth-order valence-electron chi connectivity index (χ4n) is 2.34. The molecule has 1 heterocycles. The van der Waals surface area contributed by atoms with Crippen LogP contribution in [0.4, 0.5) is 8.78 Å². The Morgan fingerprint density at radius 2 is 1.68 bits per heavy atom. The fourth-order valence-corrected chi connectivity index (χ4v) is 3.06. The van der Waals surface area contributed by atoms with E-state index in [9.17, 15) is 22.0 Å². The summed E-state index contributed by atoms with van der Waals surface area (Å²) in [6.07, 6.45) is 0. The highest BCUT2D eigenvalue weighted by molar-refractivity contribution is 7.91. The topological polar surface area (TPSA) is 57.7 Å². The van der Waals surface area contributed by atoms with Crippen LogP contribution in [-0.4, -0.2) is 62.6 Å². The molecule has 0 atom stereocenters. The zero-order chi connectivity index (χ0) is 16.3. The summed E-state index contributed by atoms with van der Waals surface area (Å²) in [5.41, 5.74) is 0.304. The second kappa shape index (κ2) is 6.70. The maximum atomic E-state index is 12.5. The second-order valence-corrected chi connectivity index (χ2v) is 6.97. The van der Waals surface area contributed by atoms with Gasteiger partial charge in [0, 0.05) is 31.7 Å². The van der Waals surface area contributed by atoms with Crippen LogP contribution in [0.2, 0.25) is 0 Å². The molecule has 1 fully saturated rings. The highest BCUT2D eigenvalue weighted by Crippen LogP contribution is 2.19. The monoisotopic (exact) mass is 332 g/mol. The van der Waals surface area contributed by atoms with E-state index in [1.807, 2.05) is 0 Å². The molecular weight excluding hydrogens is 314 g/mol.